The van der Waals surface area contributed by atoms with E-state index in [1.165, 1.54) is 30.6 Å². The predicted molar refractivity (Wildman–Crippen MR) is 133 cm³/mol. The molecule has 0 atom stereocenters. The second kappa shape index (κ2) is 9.85. The highest BCUT2D eigenvalue weighted by Crippen LogP contribution is 2.50. The molecule has 0 saturated heterocycles. The van der Waals surface area contributed by atoms with E-state index in [4.69, 9.17) is 0 Å². The minimum absolute atomic E-state index is 0.0823. The predicted octanol–water partition coefficient (Wildman–Crippen LogP) is 5.65. The Hall–Kier alpha value is -3.18. The molecule has 4 aromatic rings. The van der Waals surface area contributed by atoms with Crippen molar-refractivity contribution in [3.63, 3.8) is 0 Å². The third kappa shape index (κ3) is 5.22. The zero-order valence-electron chi connectivity index (χ0n) is 18.7. The molecule has 200 valence electrons. The van der Waals surface area contributed by atoms with Gasteiger partial charge in [0.2, 0.25) is 0 Å². The number of benzene rings is 2. The first-order valence-corrected chi connectivity index (χ1v) is 13.0. The summed E-state index contributed by atoms with van der Waals surface area (Å²) in [5.41, 5.74) is -5.92. The van der Waals surface area contributed by atoms with Crippen molar-refractivity contribution < 1.29 is 39.9 Å². The van der Waals surface area contributed by atoms with E-state index >= 15 is 0 Å². The molecule has 0 aliphatic rings. The van der Waals surface area contributed by atoms with Gasteiger partial charge in [-0.3, -0.25) is 9.71 Å². The lowest BCUT2D eigenvalue weighted by atomic mass is 9.92. The van der Waals surface area contributed by atoms with Gasteiger partial charge in [-0.25, -0.2) is 13.1 Å². The third-order valence-electron chi connectivity index (χ3n) is 5.40. The molecule has 2 aromatic carbocycles. The van der Waals surface area contributed by atoms with Crippen LogP contribution in [0.4, 0.5) is 32.2 Å². The Balaban J connectivity index is 1.81. The highest BCUT2D eigenvalue weighted by molar-refractivity contribution is 14.1. The molecule has 0 spiro atoms. The first kappa shape index (κ1) is 27.8. The highest BCUT2D eigenvalue weighted by Gasteiger charge is 2.71. The summed E-state index contributed by atoms with van der Waals surface area (Å²) in [5.74, 6) is -0.148. The lowest BCUT2D eigenvalue weighted by molar-refractivity contribution is -0.376. The number of hydrogen-bond donors (Lipinski definition) is 2. The van der Waals surface area contributed by atoms with Gasteiger partial charge in [0.25, 0.3) is 15.6 Å². The van der Waals surface area contributed by atoms with E-state index in [0.29, 0.717) is 17.7 Å². The number of sulfonamides is 1. The number of nitrogens with zero attached hydrogens (tertiary/aromatic N) is 3. The number of rotatable bonds is 6. The molecule has 4 rings (SSSR count). The third-order valence-corrected chi connectivity index (χ3v) is 7.49. The van der Waals surface area contributed by atoms with E-state index in [2.05, 4.69) is 14.8 Å². The Morgan fingerprint density at radius 3 is 1.92 bits per heavy atom. The second-order valence-corrected chi connectivity index (χ2v) is 10.8. The molecule has 7 nitrogen and oxygen atoms in total. The Kier molecular flexibility index (Phi) is 7.22. The largest absolute Gasteiger partial charge is 0.430 e. The fraction of sp³-hybridized carbons (Fsp3) is 0.130. The van der Waals surface area contributed by atoms with Gasteiger partial charge in [-0.15, -0.1) is 0 Å². The van der Waals surface area contributed by atoms with Crippen LogP contribution in [-0.4, -0.2) is 40.6 Å². The van der Waals surface area contributed by atoms with Crippen LogP contribution in [0.15, 0.2) is 84.0 Å². The number of alkyl halides is 6. The molecule has 38 heavy (non-hydrogen) atoms. The average molecular weight is 668 g/mol. The molecule has 2 heterocycles. The minimum Gasteiger partial charge on any atom is -0.369 e. The molecule has 2 aromatic heterocycles. The number of nitrogens with one attached hydrogen (secondary N) is 1. The van der Waals surface area contributed by atoms with E-state index in [9.17, 15) is 39.9 Å². The van der Waals surface area contributed by atoms with Crippen LogP contribution in [0, 0.1) is 3.57 Å². The summed E-state index contributed by atoms with van der Waals surface area (Å²) in [6.45, 7) is 0. The topological polar surface area (TPSA) is 97.1 Å². The van der Waals surface area contributed by atoms with Crippen molar-refractivity contribution in [3.05, 3.63) is 88.3 Å². The lowest BCUT2D eigenvalue weighted by Gasteiger charge is -2.32. The number of halogens is 7. The molecular weight excluding hydrogens is 653 g/mol. The van der Waals surface area contributed by atoms with Crippen LogP contribution < -0.4 is 4.72 Å². The van der Waals surface area contributed by atoms with Gasteiger partial charge in [0, 0.05) is 33.2 Å². The van der Waals surface area contributed by atoms with E-state index in [0.717, 1.165) is 20.4 Å². The lowest BCUT2D eigenvalue weighted by Crippen LogP contribution is -2.53. The SMILES string of the molecule is O=S(=O)(Nc1cc(-c2ccncc2)nn1-c1ccc(C(O)(C(F)(F)F)C(F)(F)F)cc1)c1ccc(I)cc1. The van der Waals surface area contributed by atoms with Crippen LogP contribution in [0.3, 0.4) is 0 Å². The van der Waals surface area contributed by atoms with Gasteiger partial charge in [0.15, 0.2) is 0 Å². The summed E-state index contributed by atoms with van der Waals surface area (Å²) in [6.07, 6.45) is -9.20. The molecule has 0 saturated carbocycles. The quantitative estimate of drug-likeness (QED) is 0.205. The summed E-state index contributed by atoms with van der Waals surface area (Å²) in [7, 11) is -4.16. The Labute approximate surface area is 225 Å². The average Bonchev–Trinajstić information content (AvgIpc) is 3.26. The summed E-state index contributed by atoms with van der Waals surface area (Å²) in [5, 5.41) is 13.9. The molecule has 0 radical (unpaired) electrons. The Bertz CT molecular complexity index is 1530. The molecule has 2 N–H and O–H groups in total. The maximum atomic E-state index is 13.3. The maximum absolute atomic E-state index is 13.3. The van der Waals surface area contributed by atoms with E-state index in [-0.39, 0.29) is 22.1 Å². The normalized spacial score (nSPS) is 12.9. The van der Waals surface area contributed by atoms with Crippen LogP contribution in [0.5, 0.6) is 0 Å². The highest BCUT2D eigenvalue weighted by atomic mass is 127. The van der Waals surface area contributed by atoms with Crippen molar-refractivity contribution in [1.82, 2.24) is 14.8 Å². The first-order valence-electron chi connectivity index (χ1n) is 10.4. The fourth-order valence-electron chi connectivity index (χ4n) is 3.46. The van der Waals surface area contributed by atoms with Crippen molar-refractivity contribution >= 4 is 38.4 Å². The van der Waals surface area contributed by atoms with Crippen molar-refractivity contribution in [2.45, 2.75) is 22.8 Å². The molecule has 0 unspecified atom stereocenters. The summed E-state index contributed by atoms with van der Waals surface area (Å²) in [6, 6.07) is 12.9. The van der Waals surface area contributed by atoms with Crippen LogP contribution in [0.25, 0.3) is 16.9 Å². The maximum Gasteiger partial charge on any atom is 0.430 e. The van der Waals surface area contributed by atoms with Gasteiger partial charge in [0.05, 0.1) is 16.3 Å². The standard InChI is InChI=1S/C23H15F6IN4O3S/c24-22(25,26)21(35,23(27,28)29)15-1-5-17(6-2-15)34-20(13-19(32-34)14-9-11-31-12-10-14)33-38(36,37)18-7-3-16(30)4-8-18/h1-13,33,35H. The van der Waals surface area contributed by atoms with Gasteiger partial charge >= 0.3 is 12.4 Å². The van der Waals surface area contributed by atoms with Crippen molar-refractivity contribution in [3.8, 4) is 16.9 Å². The smallest absolute Gasteiger partial charge is 0.369 e. The van der Waals surface area contributed by atoms with Gasteiger partial charge in [-0.1, -0.05) is 12.1 Å². The molecule has 0 fully saturated rings. The van der Waals surface area contributed by atoms with Gasteiger partial charge < -0.3 is 5.11 Å². The van der Waals surface area contributed by atoms with E-state index in [1.807, 2.05) is 22.6 Å². The number of anilines is 1. The van der Waals surface area contributed by atoms with Crippen LogP contribution >= 0.6 is 22.6 Å². The summed E-state index contributed by atoms with van der Waals surface area (Å²) in [4.78, 5) is 3.79. The Morgan fingerprint density at radius 2 is 1.39 bits per heavy atom. The first-order chi connectivity index (χ1) is 17.6. The molecule has 0 aliphatic carbocycles. The monoisotopic (exact) mass is 668 g/mol. The molecular formula is C23H15F6IN4O3S. The number of pyridine rings is 1. The zero-order valence-corrected chi connectivity index (χ0v) is 21.6. The Morgan fingerprint density at radius 1 is 0.842 bits per heavy atom. The van der Waals surface area contributed by atoms with Crippen LogP contribution in [-0.2, 0) is 15.6 Å². The molecule has 15 heteroatoms. The number of hydrogen-bond acceptors (Lipinski definition) is 5. The molecule has 0 aliphatic heterocycles. The summed E-state index contributed by atoms with van der Waals surface area (Å²) >= 11 is 2.00. The minimum atomic E-state index is -6.05. The summed E-state index contributed by atoms with van der Waals surface area (Å²) < 4.78 is 110. The number of aromatic nitrogens is 3. The van der Waals surface area contributed by atoms with Gasteiger partial charge in [-0.2, -0.15) is 31.4 Å². The van der Waals surface area contributed by atoms with Crippen molar-refractivity contribution in [2.75, 3.05) is 4.72 Å². The van der Waals surface area contributed by atoms with Crippen molar-refractivity contribution in [2.24, 2.45) is 0 Å². The van der Waals surface area contributed by atoms with Gasteiger partial charge in [-0.05, 0) is 71.1 Å². The van der Waals surface area contributed by atoms with Crippen LogP contribution in [0.1, 0.15) is 5.56 Å². The van der Waals surface area contributed by atoms with Crippen LogP contribution in [0.2, 0.25) is 0 Å². The van der Waals surface area contributed by atoms with E-state index in [1.54, 1.807) is 24.3 Å². The molecule has 0 amide bonds. The number of aliphatic hydroxyl groups is 1. The van der Waals surface area contributed by atoms with Crippen molar-refractivity contribution in [1.29, 1.82) is 0 Å². The fourth-order valence-corrected chi connectivity index (χ4v) is 4.85. The van der Waals surface area contributed by atoms with Gasteiger partial charge in [0.1, 0.15) is 5.82 Å². The van der Waals surface area contributed by atoms with E-state index < -0.39 is 33.5 Å². The molecule has 0 bridgehead atoms. The zero-order chi connectivity index (χ0) is 27.9. The second-order valence-electron chi connectivity index (χ2n) is 7.87.